The van der Waals surface area contributed by atoms with Gasteiger partial charge >= 0.3 is 5.97 Å². The maximum Gasteiger partial charge on any atom is 0.344 e. The van der Waals surface area contributed by atoms with Gasteiger partial charge in [0.25, 0.3) is 5.91 Å². The van der Waals surface area contributed by atoms with Crippen molar-refractivity contribution < 1.29 is 23.6 Å². The smallest absolute Gasteiger partial charge is 0.344 e. The normalized spacial score (nSPS) is 10.6. The van der Waals surface area contributed by atoms with E-state index in [0.29, 0.717) is 22.7 Å². The van der Waals surface area contributed by atoms with E-state index in [1.807, 2.05) is 13.8 Å². The summed E-state index contributed by atoms with van der Waals surface area (Å²) in [6.07, 6.45) is 0. The maximum absolute atomic E-state index is 12.2. The summed E-state index contributed by atoms with van der Waals surface area (Å²) in [6.45, 7) is 6.41. The van der Waals surface area contributed by atoms with Gasteiger partial charge in [-0.3, -0.25) is 9.59 Å². The fraction of sp³-hybridized carbons (Fsp3) is 0.333. The lowest BCUT2D eigenvalue weighted by Crippen LogP contribution is -2.21. The molecule has 1 aromatic heterocycles. The van der Waals surface area contributed by atoms with Crippen molar-refractivity contribution in [3.8, 4) is 0 Å². The SMILES string of the molecule is CC(=O)c1ccc(NC(=O)COC(=O)c2c(C)noc2C(C)C)cc1. The Morgan fingerprint density at radius 2 is 1.84 bits per heavy atom. The first kappa shape index (κ1) is 18.4. The van der Waals surface area contributed by atoms with Crippen LogP contribution in [0, 0.1) is 6.92 Å². The predicted octanol–water partition coefficient (Wildman–Crippen LogP) is 3.10. The second-order valence-corrected chi connectivity index (χ2v) is 5.92. The van der Waals surface area contributed by atoms with Crippen molar-refractivity contribution in [2.75, 3.05) is 11.9 Å². The molecule has 1 N–H and O–H groups in total. The van der Waals surface area contributed by atoms with E-state index < -0.39 is 18.5 Å². The van der Waals surface area contributed by atoms with E-state index in [0.717, 1.165) is 0 Å². The number of carbonyl (C=O) groups excluding carboxylic acids is 3. The number of amides is 1. The second kappa shape index (κ2) is 7.74. The Labute approximate surface area is 145 Å². The first-order valence-corrected chi connectivity index (χ1v) is 7.83. The molecular formula is C18H20N2O5. The highest BCUT2D eigenvalue weighted by Crippen LogP contribution is 2.23. The fourth-order valence-electron chi connectivity index (χ4n) is 2.22. The van der Waals surface area contributed by atoms with Crippen LogP contribution < -0.4 is 5.32 Å². The number of nitrogens with one attached hydrogen (secondary N) is 1. The molecule has 0 spiro atoms. The highest BCUT2D eigenvalue weighted by atomic mass is 16.5. The van der Waals surface area contributed by atoms with Crippen molar-refractivity contribution in [2.45, 2.75) is 33.6 Å². The Bertz CT molecular complexity index is 790. The molecule has 7 nitrogen and oxygen atoms in total. The van der Waals surface area contributed by atoms with Crippen LogP contribution in [-0.2, 0) is 9.53 Å². The standard InChI is InChI=1S/C18H20N2O5/c1-10(2)17-16(11(3)20-25-17)18(23)24-9-15(22)19-14-7-5-13(6-8-14)12(4)21/h5-8,10H,9H2,1-4H3,(H,19,22). The molecule has 0 aliphatic carbocycles. The molecule has 0 saturated heterocycles. The van der Waals surface area contributed by atoms with Gasteiger partial charge in [-0.05, 0) is 38.1 Å². The molecule has 1 amide bonds. The summed E-state index contributed by atoms with van der Waals surface area (Å²) in [5, 5.41) is 6.37. The zero-order chi connectivity index (χ0) is 18.6. The highest BCUT2D eigenvalue weighted by molar-refractivity contribution is 5.97. The number of benzene rings is 1. The number of ketones is 1. The van der Waals surface area contributed by atoms with Crippen molar-refractivity contribution in [2.24, 2.45) is 0 Å². The summed E-state index contributed by atoms with van der Waals surface area (Å²) in [4.78, 5) is 35.3. The van der Waals surface area contributed by atoms with Gasteiger partial charge in [0.2, 0.25) is 0 Å². The molecule has 2 rings (SSSR count). The van der Waals surface area contributed by atoms with E-state index in [4.69, 9.17) is 9.26 Å². The first-order valence-electron chi connectivity index (χ1n) is 7.83. The Balaban J connectivity index is 1.95. The number of Topliss-reactive ketones (excluding diaryl/α,β-unsaturated/α-hetero) is 1. The number of aromatic nitrogens is 1. The number of hydrogen-bond acceptors (Lipinski definition) is 6. The molecule has 1 aromatic carbocycles. The van der Waals surface area contributed by atoms with Crippen LogP contribution in [0.15, 0.2) is 28.8 Å². The van der Waals surface area contributed by atoms with E-state index in [-0.39, 0.29) is 17.3 Å². The first-order chi connectivity index (χ1) is 11.8. The highest BCUT2D eigenvalue weighted by Gasteiger charge is 2.24. The van der Waals surface area contributed by atoms with E-state index in [1.165, 1.54) is 6.92 Å². The molecule has 0 saturated carbocycles. The van der Waals surface area contributed by atoms with Crippen molar-refractivity contribution in [1.82, 2.24) is 5.16 Å². The van der Waals surface area contributed by atoms with Crippen molar-refractivity contribution in [3.05, 3.63) is 46.8 Å². The predicted molar refractivity (Wildman–Crippen MR) is 90.7 cm³/mol. The van der Waals surface area contributed by atoms with Crippen LogP contribution in [0.4, 0.5) is 5.69 Å². The molecule has 2 aromatic rings. The average Bonchev–Trinajstić information content (AvgIpc) is 2.95. The van der Waals surface area contributed by atoms with Crippen LogP contribution in [0.25, 0.3) is 0 Å². The van der Waals surface area contributed by atoms with E-state index in [9.17, 15) is 14.4 Å². The minimum atomic E-state index is -0.649. The van der Waals surface area contributed by atoms with Crippen LogP contribution in [0.3, 0.4) is 0 Å². The maximum atomic E-state index is 12.2. The van der Waals surface area contributed by atoms with Crippen molar-refractivity contribution >= 4 is 23.3 Å². The molecule has 7 heteroatoms. The summed E-state index contributed by atoms with van der Waals surface area (Å²) in [5.74, 6) is -0.786. The zero-order valence-electron chi connectivity index (χ0n) is 14.6. The lowest BCUT2D eigenvalue weighted by atomic mass is 10.1. The van der Waals surface area contributed by atoms with Crippen molar-refractivity contribution in [3.63, 3.8) is 0 Å². The Morgan fingerprint density at radius 3 is 2.40 bits per heavy atom. The number of ether oxygens (including phenoxy) is 1. The van der Waals surface area contributed by atoms with E-state index in [1.54, 1.807) is 31.2 Å². The fourth-order valence-corrected chi connectivity index (χ4v) is 2.22. The minimum Gasteiger partial charge on any atom is -0.452 e. The second-order valence-electron chi connectivity index (χ2n) is 5.92. The molecule has 132 valence electrons. The van der Waals surface area contributed by atoms with Crippen LogP contribution >= 0.6 is 0 Å². The van der Waals surface area contributed by atoms with Gasteiger partial charge in [-0.25, -0.2) is 4.79 Å². The Kier molecular flexibility index (Phi) is 5.69. The summed E-state index contributed by atoms with van der Waals surface area (Å²) >= 11 is 0. The summed E-state index contributed by atoms with van der Waals surface area (Å²) < 4.78 is 10.2. The molecule has 25 heavy (non-hydrogen) atoms. The molecule has 1 heterocycles. The number of aryl methyl sites for hydroxylation is 1. The topological polar surface area (TPSA) is 98.5 Å². The zero-order valence-corrected chi connectivity index (χ0v) is 14.6. The van der Waals surface area contributed by atoms with Gasteiger partial charge in [0.15, 0.2) is 18.2 Å². The summed E-state index contributed by atoms with van der Waals surface area (Å²) in [5.41, 5.74) is 1.74. The quantitative estimate of drug-likeness (QED) is 0.638. The number of rotatable bonds is 6. The third-order valence-corrected chi connectivity index (χ3v) is 3.53. The van der Waals surface area contributed by atoms with Gasteiger partial charge < -0.3 is 14.6 Å². The van der Waals surface area contributed by atoms with E-state index in [2.05, 4.69) is 10.5 Å². The molecule has 0 aliphatic rings. The lowest BCUT2D eigenvalue weighted by Gasteiger charge is -2.08. The molecule has 0 radical (unpaired) electrons. The Morgan fingerprint density at radius 1 is 1.20 bits per heavy atom. The molecule has 0 bridgehead atoms. The Hall–Kier alpha value is -2.96. The number of anilines is 1. The number of nitrogens with zero attached hydrogens (tertiary/aromatic N) is 1. The van der Waals surface area contributed by atoms with E-state index >= 15 is 0 Å². The molecule has 0 aliphatic heterocycles. The van der Waals surface area contributed by atoms with Crippen LogP contribution in [0.2, 0.25) is 0 Å². The van der Waals surface area contributed by atoms with Gasteiger partial charge in [0.05, 0.1) is 5.69 Å². The van der Waals surface area contributed by atoms with Gasteiger partial charge in [0, 0.05) is 17.2 Å². The summed E-state index contributed by atoms with van der Waals surface area (Å²) in [6, 6.07) is 6.44. The average molecular weight is 344 g/mol. The monoisotopic (exact) mass is 344 g/mol. The van der Waals surface area contributed by atoms with Gasteiger partial charge in [-0.2, -0.15) is 0 Å². The van der Waals surface area contributed by atoms with Gasteiger partial charge in [-0.1, -0.05) is 19.0 Å². The van der Waals surface area contributed by atoms with Crippen molar-refractivity contribution in [1.29, 1.82) is 0 Å². The molecular weight excluding hydrogens is 324 g/mol. The van der Waals surface area contributed by atoms with Crippen LogP contribution in [-0.4, -0.2) is 29.4 Å². The lowest BCUT2D eigenvalue weighted by molar-refractivity contribution is -0.119. The number of carbonyl (C=O) groups is 3. The molecule has 0 unspecified atom stereocenters. The molecule has 0 fully saturated rings. The largest absolute Gasteiger partial charge is 0.452 e. The number of esters is 1. The minimum absolute atomic E-state index is 0.0302. The third kappa shape index (κ3) is 4.53. The third-order valence-electron chi connectivity index (χ3n) is 3.53. The molecule has 0 atom stereocenters. The number of hydrogen-bond donors (Lipinski definition) is 1. The van der Waals surface area contributed by atoms with Gasteiger partial charge in [-0.15, -0.1) is 0 Å². The van der Waals surface area contributed by atoms with Gasteiger partial charge in [0.1, 0.15) is 5.56 Å². The van der Waals surface area contributed by atoms with Crippen LogP contribution in [0.1, 0.15) is 58.9 Å². The van der Waals surface area contributed by atoms with Crippen LogP contribution in [0.5, 0.6) is 0 Å². The summed E-state index contributed by atoms with van der Waals surface area (Å²) in [7, 11) is 0.